The number of unbranched alkanes of at least 4 members (excludes halogenated alkanes) is 8. The number of aliphatic hydroxyl groups excluding tert-OH is 2. The maximum absolute atomic E-state index is 8.60. The molecule has 0 saturated carbocycles. The van der Waals surface area contributed by atoms with Crippen LogP contribution in [-0.4, -0.2) is 36.6 Å². The zero-order chi connectivity index (χ0) is 13.3. The van der Waals surface area contributed by atoms with Crippen molar-refractivity contribution in [3.63, 3.8) is 0 Å². The summed E-state index contributed by atoms with van der Waals surface area (Å²) in [5, 5.41) is 17.2. The van der Waals surface area contributed by atoms with Gasteiger partial charge in [0.25, 0.3) is 0 Å². The molecule has 0 aliphatic heterocycles. The average Bonchev–Trinajstić information content (AvgIpc) is 2.39. The van der Waals surface area contributed by atoms with E-state index in [0.717, 1.165) is 64.2 Å². The first-order valence-corrected chi connectivity index (χ1v) is 7.38. The lowest BCUT2D eigenvalue weighted by Gasteiger charge is -2.04. The van der Waals surface area contributed by atoms with Crippen LogP contribution >= 0.6 is 0 Å². The van der Waals surface area contributed by atoms with Gasteiger partial charge in [0, 0.05) is 13.2 Å². The van der Waals surface area contributed by atoms with E-state index < -0.39 is 0 Å². The summed E-state index contributed by atoms with van der Waals surface area (Å²) in [6.07, 6.45) is 10.7. The summed E-state index contributed by atoms with van der Waals surface area (Å²) in [4.78, 5) is 10.2. The molecule has 2 N–H and O–H groups in total. The van der Waals surface area contributed by atoms with Crippen molar-refractivity contribution in [3.05, 3.63) is 0 Å². The van der Waals surface area contributed by atoms with Crippen LogP contribution in [0.2, 0.25) is 0 Å². The van der Waals surface area contributed by atoms with Crippen LogP contribution in [0.1, 0.15) is 64.2 Å². The summed E-state index contributed by atoms with van der Waals surface area (Å²) in [6, 6.07) is 0. The molecule has 0 aromatic rings. The highest BCUT2D eigenvalue weighted by molar-refractivity contribution is 4.43. The summed E-state index contributed by atoms with van der Waals surface area (Å²) in [7, 11) is 0. The molecule has 0 aliphatic carbocycles. The molecular weight excluding hydrogens is 232 g/mol. The SMILES string of the molecule is OCCCCCCCOOCCCCCCCO. The van der Waals surface area contributed by atoms with Crippen molar-refractivity contribution in [2.45, 2.75) is 64.2 Å². The van der Waals surface area contributed by atoms with Crippen LogP contribution in [-0.2, 0) is 9.78 Å². The lowest BCUT2D eigenvalue weighted by atomic mass is 10.1. The number of aliphatic hydroxyl groups is 2. The van der Waals surface area contributed by atoms with E-state index >= 15 is 0 Å². The number of hydrogen-bond donors (Lipinski definition) is 2. The zero-order valence-corrected chi connectivity index (χ0v) is 11.6. The first-order chi connectivity index (χ1) is 8.91. The molecule has 0 rings (SSSR count). The van der Waals surface area contributed by atoms with E-state index in [9.17, 15) is 0 Å². The minimum Gasteiger partial charge on any atom is -0.396 e. The van der Waals surface area contributed by atoms with E-state index in [1.165, 1.54) is 0 Å². The smallest absolute Gasteiger partial charge is 0.0822 e. The summed E-state index contributed by atoms with van der Waals surface area (Å²) >= 11 is 0. The third-order valence-corrected chi connectivity index (χ3v) is 2.85. The molecule has 0 unspecified atom stereocenters. The monoisotopic (exact) mass is 262 g/mol. The van der Waals surface area contributed by atoms with Gasteiger partial charge in [-0.15, -0.1) is 0 Å². The third-order valence-electron chi connectivity index (χ3n) is 2.85. The normalized spacial score (nSPS) is 11.0. The molecule has 4 heteroatoms. The average molecular weight is 262 g/mol. The van der Waals surface area contributed by atoms with Gasteiger partial charge in [-0.05, 0) is 25.7 Å². The molecule has 0 aliphatic rings. The van der Waals surface area contributed by atoms with Crippen molar-refractivity contribution in [2.24, 2.45) is 0 Å². The van der Waals surface area contributed by atoms with Crippen molar-refractivity contribution in [1.29, 1.82) is 0 Å². The van der Waals surface area contributed by atoms with Crippen molar-refractivity contribution in [3.8, 4) is 0 Å². The molecule has 0 atom stereocenters. The Balaban J connectivity index is 2.86. The second-order valence-electron chi connectivity index (χ2n) is 4.63. The fraction of sp³-hybridized carbons (Fsp3) is 1.00. The van der Waals surface area contributed by atoms with Crippen molar-refractivity contribution in [2.75, 3.05) is 26.4 Å². The van der Waals surface area contributed by atoms with Gasteiger partial charge < -0.3 is 10.2 Å². The molecule has 0 aromatic carbocycles. The van der Waals surface area contributed by atoms with Crippen molar-refractivity contribution < 1.29 is 20.0 Å². The second-order valence-corrected chi connectivity index (χ2v) is 4.63. The fourth-order valence-corrected chi connectivity index (χ4v) is 1.72. The highest BCUT2D eigenvalue weighted by atomic mass is 17.2. The standard InChI is InChI=1S/C14H30O4/c15-11-7-3-1-5-9-13-17-18-14-10-6-2-4-8-12-16/h15-16H,1-14H2. The molecule has 0 aromatic heterocycles. The lowest BCUT2D eigenvalue weighted by Crippen LogP contribution is -1.99. The molecule has 0 fully saturated rings. The van der Waals surface area contributed by atoms with Gasteiger partial charge in [0.15, 0.2) is 0 Å². The van der Waals surface area contributed by atoms with E-state index in [2.05, 4.69) is 0 Å². The van der Waals surface area contributed by atoms with Crippen LogP contribution in [0.3, 0.4) is 0 Å². The summed E-state index contributed by atoms with van der Waals surface area (Å²) in [6.45, 7) is 1.95. The molecule has 0 heterocycles. The summed E-state index contributed by atoms with van der Waals surface area (Å²) < 4.78 is 0. The Bertz CT molecular complexity index is 126. The third kappa shape index (κ3) is 15.8. The predicted molar refractivity (Wildman–Crippen MR) is 72.2 cm³/mol. The fourth-order valence-electron chi connectivity index (χ4n) is 1.72. The maximum Gasteiger partial charge on any atom is 0.0822 e. The minimum absolute atomic E-state index is 0.303. The highest BCUT2D eigenvalue weighted by Gasteiger charge is 1.93. The van der Waals surface area contributed by atoms with E-state index in [4.69, 9.17) is 20.0 Å². The summed E-state index contributed by atoms with van der Waals surface area (Å²) in [5.74, 6) is 0. The second kappa shape index (κ2) is 16.8. The summed E-state index contributed by atoms with van der Waals surface area (Å²) in [5.41, 5.74) is 0. The van der Waals surface area contributed by atoms with Gasteiger partial charge in [0.2, 0.25) is 0 Å². The van der Waals surface area contributed by atoms with Gasteiger partial charge >= 0.3 is 0 Å². The van der Waals surface area contributed by atoms with Gasteiger partial charge in [0.05, 0.1) is 13.2 Å². The molecule has 18 heavy (non-hydrogen) atoms. The Labute approximate surface area is 111 Å². The van der Waals surface area contributed by atoms with E-state index in [1.807, 2.05) is 0 Å². The highest BCUT2D eigenvalue weighted by Crippen LogP contribution is 2.04. The first-order valence-electron chi connectivity index (χ1n) is 7.38. The molecular formula is C14H30O4. The maximum atomic E-state index is 8.60. The Morgan fingerprint density at radius 2 is 0.778 bits per heavy atom. The lowest BCUT2D eigenvalue weighted by molar-refractivity contribution is -0.295. The molecule has 4 nitrogen and oxygen atoms in total. The molecule has 0 bridgehead atoms. The van der Waals surface area contributed by atoms with Gasteiger partial charge in [-0.3, -0.25) is 0 Å². The van der Waals surface area contributed by atoms with Gasteiger partial charge in [-0.2, -0.15) is 0 Å². The molecule has 0 saturated heterocycles. The number of rotatable bonds is 15. The van der Waals surface area contributed by atoms with Crippen LogP contribution in [0.4, 0.5) is 0 Å². The Morgan fingerprint density at radius 1 is 0.444 bits per heavy atom. The largest absolute Gasteiger partial charge is 0.396 e. The van der Waals surface area contributed by atoms with E-state index in [-0.39, 0.29) is 0 Å². The first kappa shape index (κ1) is 17.8. The van der Waals surface area contributed by atoms with Crippen molar-refractivity contribution >= 4 is 0 Å². The minimum atomic E-state index is 0.303. The Hall–Kier alpha value is -0.160. The van der Waals surface area contributed by atoms with E-state index in [1.54, 1.807) is 0 Å². The quantitative estimate of drug-likeness (QED) is 0.271. The Morgan fingerprint density at radius 3 is 1.17 bits per heavy atom. The van der Waals surface area contributed by atoms with Crippen LogP contribution in [0.25, 0.3) is 0 Å². The van der Waals surface area contributed by atoms with Crippen LogP contribution in [0.5, 0.6) is 0 Å². The number of hydrogen-bond acceptors (Lipinski definition) is 4. The van der Waals surface area contributed by atoms with Crippen LogP contribution in [0.15, 0.2) is 0 Å². The van der Waals surface area contributed by atoms with Crippen LogP contribution in [0, 0.1) is 0 Å². The van der Waals surface area contributed by atoms with Gasteiger partial charge in [-0.25, -0.2) is 9.78 Å². The van der Waals surface area contributed by atoms with Crippen LogP contribution < -0.4 is 0 Å². The van der Waals surface area contributed by atoms with Gasteiger partial charge in [0.1, 0.15) is 0 Å². The van der Waals surface area contributed by atoms with Crippen molar-refractivity contribution in [1.82, 2.24) is 0 Å². The molecule has 110 valence electrons. The van der Waals surface area contributed by atoms with E-state index in [0.29, 0.717) is 26.4 Å². The topological polar surface area (TPSA) is 58.9 Å². The predicted octanol–water partition coefficient (Wildman–Crippen LogP) is 2.82. The molecule has 0 amide bonds. The Kier molecular flexibility index (Phi) is 16.7. The molecule has 0 spiro atoms. The van der Waals surface area contributed by atoms with Gasteiger partial charge in [-0.1, -0.05) is 38.5 Å². The zero-order valence-electron chi connectivity index (χ0n) is 11.6. The molecule has 0 radical (unpaired) electrons.